The standard InChI is InChI=1S/C19H18OS/c1-13-7-9-15(10-8-13)17-12-21-19(18(17)20-3)16-6-4-5-14(2)11-16/h4-12H,1-3H3. The predicted octanol–water partition coefficient (Wildman–Crippen LogP) is 5.71. The SMILES string of the molecule is COc1c(-c2ccc(C)cc2)csc1-c1cccc(C)c1. The van der Waals surface area contributed by atoms with Crippen LogP contribution in [-0.2, 0) is 0 Å². The first kappa shape index (κ1) is 13.9. The lowest BCUT2D eigenvalue weighted by Crippen LogP contribution is -1.87. The molecule has 0 amide bonds. The molecular formula is C19H18OS. The minimum atomic E-state index is 0.967. The highest BCUT2D eigenvalue weighted by Gasteiger charge is 2.15. The van der Waals surface area contributed by atoms with Crippen molar-refractivity contribution in [3.8, 4) is 27.3 Å². The maximum Gasteiger partial charge on any atom is 0.145 e. The third-order valence-corrected chi connectivity index (χ3v) is 4.60. The largest absolute Gasteiger partial charge is 0.495 e. The number of ether oxygens (including phenoxy) is 1. The van der Waals surface area contributed by atoms with Gasteiger partial charge in [0.05, 0.1) is 12.0 Å². The first-order valence-corrected chi connectivity index (χ1v) is 7.86. The van der Waals surface area contributed by atoms with Gasteiger partial charge in [-0.15, -0.1) is 11.3 Å². The van der Waals surface area contributed by atoms with Gasteiger partial charge in [-0.2, -0.15) is 0 Å². The fraction of sp³-hybridized carbons (Fsp3) is 0.158. The molecular weight excluding hydrogens is 276 g/mol. The van der Waals surface area contributed by atoms with Crippen molar-refractivity contribution in [3.63, 3.8) is 0 Å². The highest BCUT2D eigenvalue weighted by atomic mass is 32.1. The zero-order valence-electron chi connectivity index (χ0n) is 12.5. The maximum atomic E-state index is 5.71. The summed E-state index contributed by atoms with van der Waals surface area (Å²) in [5.41, 5.74) is 6.12. The first-order chi connectivity index (χ1) is 10.2. The van der Waals surface area contributed by atoms with Crippen LogP contribution in [0.1, 0.15) is 11.1 Å². The van der Waals surface area contributed by atoms with Crippen LogP contribution >= 0.6 is 11.3 Å². The molecule has 1 heterocycles. The molecule has 0 saturated heterocycles. The van der Waals surface area contributed by atoms with Crippen LogP contribution in [-0.4, -0.2) is 7.11 Å². The Balaban J connectivity index is 2.11. The van der Waals surface area contributed by atoms with Crippen molar-refractivity contribution in [2.75, 3.05) is 7.11 Å². The molecule has 0 atom stereocenters. The van der Waals surface area contributed by atoms with Gasteiger partial charge >= 0.3 is 0 Å². The molecule has 1 nitrogen and oxygen atoms in total. The van der Waals surface area contributed by atoms with Gasteiger partial charge in [-0.05, 0) is 25.0 Å². The highest BCUT2D eigenvalue weighted by molar-refractivity contribution is 7.14. The van der Waals surface area contributed by atoms with E-state index in [2.05, 4.69) is 67.8 Å². The van der Waals surface area contributed by atoms with Gasteiger partial charge in [0.2, 0.25) is 0 Å². The van der Waals surface area contributed by atoms with Crippen molar-refractivity contribution < 1.29 is 4.74 Å². The molecule has 3 rings (SSSR count). The van der Waals surface area contributed by atoms with E-state index in [1.807, 2.05) is 0 Å². The minimum Gasteiger partial charge on any atom is -0.495 e. The summed E-state index contributed by atoms with van der Waals surface area (Å²) >= 11 is 1.74. The van der Waals surface area contributed by atoms with E-state index < -0.39 is 0 Å². The van der Waals surface area contributed by atoms with E-state index in [9.17, 15) is 0 Å². The Kier molecular flexibility index (Phi) is 3.80. The van der Waals surface area contributed by atoms with Gasteiger partial charge in [0.15, 0.2) is 0 Å². The van der Waals surface area contributed by atoms with Gasteiger partial charge in [-0.25, -0.2) is 0 Å². The van der Waals surface area contributed by atoms with Gasteiger partial charge in [-0.1, -0.05) is 59.7 Å². The quantitative estimate of drug-likeness (QED) is 0.601. The van der Waals surface area contributed by atoms with Crippen molar-refractivity contribution >= 4 is 11.3 Å². The Morgan fingerprint density at radius 1 is 0.857 bits per heavy atom. The number of hydrogen-bond acceptors (Lipinski definition) is 2. The second-order valence-corrected chi connectivity index (χ2v) is 6.13. The van der Waals surface area contributed by atoms with E-state index in [4.69, 9.17) is 4.74 Å². The van der Waals surface area contributed by atoms with E-state index in [1.54, 1.807) is 18.4 Å². The molecule has 0 aliphatic heterocycles. The molecule has 3 aromatic rings. The maximum absolute atomic E-state index is 5.71. The topological polar surface area (TPSA) is 9.23 Å². The third kappa shape index (κ3) is 2.72. The Hall–Kier alpha value is -2.06. The predicted molar refractivity (Wildman–Crippen MR) is 91.2 cm³/mol. The van der Waals surface area contributed by atoms with Crippen LogP contribution in [0.15, 0.2) is 53.9 Å². The molecule has 0 saturated carbocycles. The van der Waals surface area contributed by atoms with Gasteiger partial charge in [0, 0.05) is 10.9 Å². The average molecular weight is 294 g/mol. The number of thiophene rings is 1. The molecule has 0 aliphatic carbocycles. The lowest BCUT2D eigenvalue weighted by Gasteiger charge is -2.07. The molecule has 2 heteroatoms. The number of methoxy groups -OCH3 is 1. The molecule has 1 aromatic heterocycles. The summed E-state index contributed by atoms with van der Waals surface area (Å²) < 4.78 is 5.71. The molecule has 0 aliphatic rings. The Bertz CT molecular complexity index is 753. The fourth-order valence-corrected chi connectivity index (χ4v) is 3.51. The Labute approximate surface area is 129 Å². The first-order valence-electron chi connectivity index (χ1n) is 6.98. The highest BCUT2D eigenvalue weighted by Crippen LogP contribution is 2.44. The van der Waals surface area contributed by atoms with E-state index in [0.29, 0.717) is 0 Å². The molecule has 0 radical (unpaired) electrons. The summed E-state index contributed by atoms with van der Waals surface area (Å²) in [7, 11) is 1.75. The van der Waals surface area contributed by atoms with Gasteiger partial charge in [-0.3, -0.25) is 0 Å². The fourth-order valence-electron chi connectivity index (χ4n) is 2.47. The number of benzene rings is 2. The molecule has 0 spiro atoms. The number of rotatable bonds is 3. The van der Waals surface area contributed by atoms with Crippen LogP contribution in [0, 0.1) is 13.8 Å². The Morgan fingerprint density at radius 3 is 2.29 bits per heavy atom. The van der Waals surface area contributed by atoms with Crippen molar-refractivity contribution in [2.24, 2.45) is 0 Å². The minimum absolute atomic E-state index is 0.967. The van der Waals surface area contributed by atoms with E-state index >= 15 is 0 Å². The van der Waals surface area contributed by atoms with E-state index in [-0.39, 0.29) is 0 Å². The van der Waals surface area contributed by atoms with Gasteiger partial charge < -0.3 is 4.74 Å². The molecule has 21 heavy (non-hydrogen) atoms. The van der Waals surface area contributed by atoms with Crippen molar-refractivity contribution in [3.05, 3.63) is 65.0 Å². The van der Waals surface area contributed by atoms with E-state index in [0.717, 1.165) is 5.75 Å². The zero-order chi connectivity index (χ0) is 14.8. The van der Waals surface area contributed by atoms with Crippen molar-refractivity contribution in [1.29, 1.82) is 0 Å². The third-order valence-electron chi connectivity index (χ3n) is 3.59. The number of hydrogen-bond donors (Lipinski definition) is 0. The smallest absolute Gasteiger partial charge is 0.145 e. The van der Waals surface area contributed by atoms with Gasteiger partial charge in [0.1, 0.15) is 5.75 Å². The number of aryl methyl sites for hydroxylation is 2. The summed E-state index contributed by atoms with van der Waals surface area (Å²) in [5, 5.41) is 2.18. The van der Waals surface area contributed by atoms with Crippen LogP contribution in [0.3, 0.4) is 0 Å². The molecule has 2 aromatic carbocycles. The molecule has 0 fully saturated rings. The monoisotopic (exact) mass is 294 g/mol. The van der Waals surface area contributed by atoms with Crippen LogP contribution in [0.5, 0.6) is 5.75 Å². The molecule has 106 valence electrons. The lowest BCUT2D eigenvalue weighted by atomic mass is 10.0. The Morgan fingerprint density at radius 2 is 1.62 bits per heavy atom. The van der Waals surface area contributed by atoms with Crippen molar-refractivity contribution in [2.45, 2.75) is 13.8 Å². The van der Waals surface area contributed by atoms with Gasteiger partial charge in [0.25, 0.3) is 0 Å². The average Bonchev–Trinajstić information content (AvgIpc) is 2.92. The molecule has 0 N–H and O–H groups in total. The van der Waals surface area contributed by atoms with Crippen LogP contribution in [0.2, 0.25) is 0 Å². The summed E-state index contributed by atoms with van der Waals surface area (Å²) in [6.07, 6.45) is 0. The molecule has 0 bridgehead atoms. The summed E-state index contributed by atoms with van der Waals surface area (Å²) in [5.74, 6) is 0.967. The lowest BCUT2D eigenvalue weighted by molar-refractivity contribution is 0.419. The zero-order valence-corrected chi connectivity index (χ0v) is 13.3. The van der Waals surface area contributed by atoms with Crippen molar-refractivity contribution in [1.82, 2.24) is 0 Å². The second kappa shape index (κ2) is 5.74. The summed E-state index contributed by atoms with van der Waals surface area (Å²) in [6, 6.07) is 17.1. The summed E-state index contributed by atoms with van der Waals surface area (Å²) in [4.78, 5) is 1.19. The van der Waals surface area contributed by atoms with Crippen LogP contribution in [0.4, 0.5) is 0 Å². The normalized spacial score (nSPS) is 10.6. The van der Waals surface area contributed by atoms with Crippen LogP contribution in [0.25, 0.3) is 21.6 Å². The molecule has 0 unspecified atom stereocenters. The summed E-state index contributed by atoms with van der Waals surface area (Å²) in [6.45, 7) is 4.22. The van der Waals surface area contributed by atoms with Crippen LogP contribution < -0.4 is 4.74 Å². The second-order valence-electron chi connectivity index (χ2n) is 5.25. The van der Waals surface area contributed by atoms with E-state index in [1.165, 1.54) is 32.7 Å².